The van der Waals surface area contributed by atoms with Gasteiger partial charge in [-0.25, -0.2) is 13.2 Å². The fourth-order valence-electron chi connectivity index (χ4n) is 2.45. The van der Waals surface area contributed by atoms with Gasteiger partial charge in [0, 0.05) is 5.75 Å². The van der Waals surface area contributed by atoms with Crippen LogP contribution in [0.3, 0.4) is 0 Å². The number of rotatable bonds is 3. The van der Waals surface area contributed by atoms with E-state index in [0.717, 1.165) is 0 Å². The zero-order valence-corrected chi connectivity index (χ0v) is 12.1. The van der Waals surface area contributed by atoms with Crippen LogP contribution in [0.1, 0.15) is 25.7 Å². The number of hydrogen-bond acceptors (Lipinski definition) is 5. The van der Waals surface area contributed by atoms with Crippen LogP contribution in [-0.2, 0) is 19.4 Å². The number of thioether (sulfide) groups is 1. The molecule has 2 heterocycles. The summed E-state index contributed by atoms with van der Waals surface area (Å²) in [6.45, 7) is 0. The molecule has 0 bridgehead atoms. The summed E-state index contributed by atoms with van der Waals surface area (Å²) in [5.41, 5.74) is -1.30. The van der Waals surface area contributed by atoms with Gasteiger partial charge in [0.15, 0.2) is 9.84 Å². The summed E-state index contributed by atoms with van der Waals surface area (Å²) in [5, 5.41) is 10.7. The molecule has 2 saturated heterocycles. The van der Waals surface area contributed by atoms with Gasteiger partial charge in [-0.15, -0.1) is 0 Å². The first-order valence-corrected chi connectivity index (χ1v) is 9.09. The van der Waals surface area contributed by atoms with Crippen LogP contribution >= 0.6 is 11.8 Å². The van der Waals surface area contributed by atoms with Crippen molar-refractivity contribution in [3.8, 4) is 0 Å². The fourth-order valence-corrected chi connectivity index (χ4v) is 5.58. The molecule has 0 aromatic rings. The Bertz CT molecular complexity index is 481. The Morgan fingerprint density at radius 2 is 2.05 bits per heavy atom. The lowest BCUT2D eigenvalue weighted by Crippen LogP contribution is -2.58. The average molecular weight is 307 g/mol. The van der Waals surface area contributed by atoms with Crippen LogP contribution in [0.5, 0.6) is 0 Å². The number of carbonyl (C=O) groups is 2. The van der Waals surface area contributed by atoms with Crippen molar-refractivity contribution < 1.29 is 23.1 Å². The van der Waals surface area contributed by atoms with Gasteiger partial charge in [-0.2, -0.15) is 11.8 Å². The SMILES string of the molecule is O=C(NC1(C(=O)O)CCSC1)C1CCCCS1(=O)=O. The predicted octanol–water partition coefficient (Wildman–Crippen LogP) is 0.0302. The molecule has 2 rings (SSSR count). The van der Waals surface area contributed by atoms with Crippen LogP contribution < -0.4 is 5.32 Å². The highest BCUT2D eigenvalue weighted by Gasteiger charge is 2.46. The smallest absolute Gasteiger partial charge is 0.330 e. The Morgan fingerprint density at radius 1 is 1.32 bits per heavy atom. The third-order valence-corrected chi connectivity index (χ3v) is 7.03. The van der Waals surface area contributed by atoms with Gasteiger partial charge in [0.2, 0.25) is 5.91 Å². The second-order valence-corrected chi connectivity index (χ2v) is 8.44. The molecule has 0 radical (unpaired) electrons. The summed E-state index contributed by atoms with van der Waals surface area (Å²) in [5.74, 6) is -0.770. The second-order valence-electron chi connectivity index (χ2n) is 5.03. The summed E-state index contributed by atoms with van der Waals surface area (Å²) in [6, 6.07) is 0. The van der Waals surface area contributed by atoms with E-state index in [2.05, 4.69) is 5.32 Å². The number of aliphatic carboxylic acids is 1. The molecular weight excluding hydrogens is 290 g/mol. The van der Waals surface area contributed by atoms with E-state index < -0.39 is 32.5 Å². The molecule has 0 aliphatic carbocycles. The van der Waals surface area contributed by atoms with Crippen molar-refractivity contribution in [3.63, 3.8) is 0 Å². The largest absolute Gasteiger partial charge is 0.479 e. The Hall–Kier alpha value is -0.760. The summed E-state index contributed by atoms with van der Waals surface area (Å²) < 4.78 is 23.7. The molecule has 2 aliphatic heterocycles. The zero-order chi connectivity index (χ0) is 14.1. The monoisotopic (exact) mass is 307 g/mol. The van der Waals surface area contributed by atoms with Gasteiger partial charge >= 0.3 is 5.97 Å². The van der Waals surface area contributed by atoms with E-state index in [1.165, 1.54) is 11.8 Å². The lowest BCUT2D eigenvalue weighted by Gasteiger charge is -2.28. The Kier molecular flexibility index (Phi) is 4.10. The molecule has 2 N–H and O–H groups in total. The first-order chi connectivity index (χ1) is 8.87. The Labute approximate surface area is 116 Å². The van der Waals surface area contributed by atoms with Crippen molar-refractivity contribution in [2.24, 2.45) is 0 Å². The molecule has 108 valence electrons. The second kappa shape index (κ2) is 5.32. The van der Waals surface area contributed by atoms with Gasteiger partial charge in [-0.05, 0) is 25.0 Å². The van der Waals surface area contributed by atoms with E-state index in [0.29, 0.717) is 30.8 Å². The molecule has 0 saturated carbocycles. The topological polar surface area (TPSA) is 101 Å². The van der Waals surface area contributed by atoms with E-state index >= 15 is 0 Å². The van der Waals surface area contributed by atoms with Gasteiger partial charge in [0.1, 0.15) is 10.8 Å². The number of carbonyl (C=O) groups excluding carboxylic acids is 1. The van der Waals surface area contributed by atoms with Gasteiger partial charge in [0.05, 0.1) is 5.75 Å². The lowest BCUT2D eigenvalue weighted by molar-refractivity contribution is -0.146. The summed E-state index contributed by atoms with van der Waals surface area (Å²) in [7, 11) is -3.43. The normalized spacial score (nSPS) is 33.8. The molecule has 0 spiro atoms. The summed E-state index contributed by atoms with van der Waals surface area (Å²) >= 11 is 1.45. The summed E-state index contributed by atoms with van der Waals surface area (Å²) in [4.78, 5) is 23.4. The Balaban J connectivity index is 2.14. The number of hydrogen-bond donors (Lipinski definition) is 2. The maximum absolute atomic E-state index is 12.1. The first-order valence-electron chi connectivity index (χ1n) is 6.22. The van der Waals surface area contributed by atoms with E-state index in [-0.39, 0.29) is 12.2 Å². The van der Waals surface area contributed by atoms with Gasteiger partial charge in [0.25, 0.3) is 0 Å². The number of nitrogens with one attached hydrogen (secondary N) is 1. The summed E-state index contributed by atoms with van der Waals surface area (Å²) in [6.07, 6.45) is 1.89. The molecule has 2 unspecified atom stereocenters. The molecule has 2 atom stereocenters. The number of carboxylic acids is 1. The number of sulfone groups is 1. The molecule has 19 heavy (non-hydrogen) atoms. The first kappa shape index (κ1) is 14.6. The maximum atomic E-state index is 12.1. The van der Waals surface area contributed by atoms with Crippen molar-refractivity contribution in [1.29, 1.82) is 0 Å². The highest BCUT2D eigenvalue weighted by Crippen LogP contribution is 2.29. The van der Waals surface area contributed by atoms with E-state index in [4.69, 9.17) is 0 Å². The molecule has 8 heteroatoms. The van der Waals surface area contributed by atoms with Crippen molar-refractivity contribution >= 4 is 33.5 Å². The maximum Gasteiger partial charge on any atom is 0.330 e. The molecular formula is C11H17NO5S2. The fraction of sp³-hybridized carbons (Fsp3) is 0.818. The van der Waals surface area contributed by atoms with Crippen LogP contribution in [0.2, 0.25) is 0 Å². The third-order valence-electron chi connectivity index (χ3n) is 3.66. The van der Waals surface area contributed by atoms with Crippen molar-refractivity contribution in [2.45, 2.75) is 36.5 Å². The number of amides is 1. The molecule has 0 aromatic carbocycles. The van der Waals surface area contributed by atoms with E-state index in [1.54, 1.807) is 0 Å². The van der Waals surface area contributed by atoms with Crippen LogP contribution in [-0.4, -0.2) is 53.4 Å². The lowest BCUT2D eigenvalue weighted by atomic mass is 9.98. The van der Waals surface area contributed by atoms with Gasteiger partial charge < -0.3 is 10.4 Å². The number of carboxylic acid groups (broad SMARTS) is 1. The molecule has 2 fully saturated rings. The van der Waals surface area contributed by atoms with Crippen LogP contribution in [0, 0.1) is 0 Å². The standard InChI is InChI=1S/C11H17NO5S2/c13-9(8-3-1-2-6-19(8,16)17)12-11(10(14)15)4-5-18-7-11/h8H,1-7H2,(H,12,13)(H,14,15). The minimum atomic E-state index is -3.43. The van der Waals surface area contributed by atoms with Crippen molar-refractivity contribution in [1.82, 2.24) is 5.32 Å². The third kappa shape index (κ3) is 2.89. The van der Waals surface area contributed by atoms with Gasteiger partial charge in [-0.1, -0.05) is 6.42 Å². The van der Waals surface area contributed by atoms with Crippen LogP contribution in [0.25, 0.3) is 0 Å². The van der Waals surface area contributed by atoms with Gasteiger partial charge in [-0.3, -0.25) is 4.79 Å². The highest BCUT2D eigenvalue weighted by molar-refractivity contribution is 7.99. The molecule has 0 aromatic heterocycles. The molecule has 2 aliphatic rings. The Morgan fingerprint density at radius 3 is 2.58 bits per heavy atom. The molecule has 6 nitrogen and oxygen atoms in total. The van der Waals surface area contributed by atoms with Crippen molar-refractivity contribution in [2.75, 3.05) is 17.3 Å². The quantitative estimate of drug-likeness (QED) is 0.763. The van der Waals surface area contributed by atoms with E-state index in [9.17, 15) is 23.1 Å². The minimum Gasteiger partial charge on any atom is -0.479 e. The minimum absolute atomic E-state index is 0.0138. The zero-order valence-electron chi connectivity index (χ0n) is 10.4. The predicted molar refractivity (Wildman–Crippen MR) is 71.9 cm³/mol. The average Bonchev–Trinajstić information content (AvgIpc) is 2.78. The van der Waals surface area contributed by atoms with E-state index in [1.807, 2.05) is 0 Å². The highest BCUT2D eigenvalue weighted by atomic mass is 32.2. The van der Waals surface area contributed by atoms with Crippen LogP contribution in [0.4, 0.5) is 0 Å². The van der Waals surface area contributed by atoms with Crippen LogP contribution in [0.15, 0.2) is 0 Å². The van der Waals surface area contributed by atoms with Crippen molar-refractivity contribution in [3.05, 3.63) is 0 Å². The molecule has 1 amide bonds.